The molecule has 0 spiro atoms. The predicted octanol–water partition coefficient (Wildman–Crippen LogP) is 1.97. The second-order valence-corrected chi connectivity index (χ2v) is 5.87. The molecule has 1 aliphatic rings. The minimum absolute atomic E-state index is 0.0274. The van der Waals surface area contributed by atoms with Gasteiger partial charge in [0.15, 0.2) is 5.82 Å². The Bertz CT molecular complexity index is 921. The Hall–Kier alpha value is -3.29. The maximum absolute atomic E-state index is 11.4. The number of hydrogen-bond acceptors (Lipinski definition) is 6. The van der Waals surface area contributed by atoms with Crippen LogP contribution in [0.5, 0.6) is 0 Å². The molecule has 1 aliphatic heterocycles. The number of carbonyl (C=O) groups excluding carboxylic acids is 1. The van der Waals surface area contributed by atoms with Crippen LogP contribution in [0, 0.1) is 0 Å². The van der Waals surface area contributed by atoms with Crippen molar-refractivity contribution in [2.75, 3.05) is 5.32 Å². The molecule has 25 heavy (non-hydrogen) atoms. The molecule has 4 rings (SSSR count). The fourth-order valence-electron chi connectivity index (χ4n) is 2.78. The van der Waals surface area contributed by atoms with Gasteiger partial charge in [-0.25, -0.2) is 15.0 Å². The minimum atomic E-state index is -0.0274. The summed E-state index contributed by atoms with van der Waals surface area (Å²) in [6.07, 6.45) is 4.83. The van der Waals surface area contributed by atoms with Gasteiger partial charge in [-0.15, -0.1) is 0 Å². The van der Waals surface area contributed by atoms with Crippen molar-refractivity contribution in [3.63, 3.8) is 0 Å². The first-order valence-electron chi connectivity index (χ1n) is 8.04. The highest BCUT2D eigenvalue weighted by Crippen LogP contribution is 2.24. The fraction of sp³-hybridized carbons (Fsp3) is 0.235. The van der Waals surface area contributed by atoms with E-state index in [0.717, 1.165) is 17.8 Å². The molecule has 0 saturated carbocycles. The fourth-order valence-corrected chi connectivity index (χ4v) is 2.78. The summed E-state index contributed by atoms with van der Waals surface area (Å²) in [5.74, 6) is 1.20. The summed E-state index contributed by atoms with van der Waals surface area (Å²) in [6.45, 7) is 0. The molecule has 8 heteroatoms. The molecule has 1 amide bonds. The van der Waals surface area contributed by atoms with E-state index in [-0.39, 0.29) is 11.9 Å². The highest BCUT2D eigenvalue weighted by molar-refractivity contribution is 5.78. The number of aromatic nitrogens is 5. The summed E-state index contributed by atoms with van der Waals surface area (Å²) in [5, 5.41) is 10.3. The molecule has 126 valence electrons. The summed E-state index contributed by atoms with van der Waals surface area (Å²) in [7, 11) is 1.85. The number of aryl methyl sites for hydroxylation is 1. The average Bonchev–Trinajstić information content (AvgIpc) is 3.24. The van der Waals surface area contributed by atoms with Crippen LogP contribution >= 0.6 is 0 Å². The lowest BCUT2D eigenvalue weighted by Gasteiger charge is -2.11. The number of carbonyl (C=O) groups is 1. The van der Waals surface area contributed by atoms with Crippen molar-refractivity contribution < 1.29 is 4.79 Å². The van der Waals surface area contributed by atoms with Crippen molar-refractivity contribution in [2.24, 2.45) is 7.05 Å². The number of nitrogens with one attached hydrogen (secondary N) is 2. The third kappa shape index (κ3) is 3.32. The van der Waals surface area contributed by atoms with Crippen LogP contribution in [-0.4, -0.2) is 30.6 Å². The van der Waals surface area contributed by atoms with Crippen LogP contribution in [0.3, 0.4) is 0 Å². The van der Waals surface area contributed by atoms with Gasteiger partial charge in [0.2, 0.25) is 11.9 Å². The van der Waals surface area contributed by atoms with Gasteiger partial charge >= 0.3 is 0 Å². The molecule has 1 unspecified atom stereocenters. The molecule has 0 aromatic carbocycles. The molecule has 0 bridgehead atoms. The second kappa shape index (κ2) is 6.31. The highest BCUT2D eigenvalue weighted by atomic mass is 16.1. The summed E-state index contributed by atoms with van der Waals surface area (Å²) in [6, 6.07) is 9.37. The minimum Gasteiger partial charge on any atom is -0.348 e. The van der Waals surface area contributed by atoms with Crippen molar-refractivity contribution in [1.29, 1.82) is 0 Å². The maximum Gasteiger partial charge on any atom is 0.228 e. The Balaban J connectivity index is 1.59. The Morgan fingerprint density at radius 3 is 2.84 bits per heavy atom. The number of amides is 1. The van der Waals surface area contributed by atoms with E-state index in [2.05, 4.69) is 30.7 Å². The molecule has 0 aliphatic carbocycles. The summed E-state index contributed by atoms with van der Waals surface area (Å²) in [5.41, 5.74) is 2.30. The second-order valence-electron chi connectivity index (χ2n) is 5.87. The van der Waals surface area contributed by atoms with Gasteiger partial charge < -0.3 is 10.6 Å². The maximum atomic E-state index is 11.4. The molecular weight excluding hydrogens is 318 g/mol. The van der Waals surface area contributed by atoms with Gasteiger partial charge in [0, 0.05) is 31.9 Å². The van der Waals surface area contributed by atoms with E-state index in [4.69, 9.17) is 0 Å². The van der Waals surface area contributed by atoms with E-state index in [0.29, 0.717) is 23.9 Å². The topological polar surface area (TPSA) is 97.6 Å². The highest BCUT2D eigenvalue weighted by Gasteiger charge is 2.23. The van der Waals surface area contributed by atoms with Crippen LogP contribution < -0.4 is 10.6 Å². The molecule has 3 aromatic rings. The van der Waals surface area contributed by atoms with Crippen molar-refractivity contribution in [3.8, 4) is 11.4 Å². The zero-order chi connectivity index (χ0) is 17.2. The van der Waals surface area contributed by atoms with Crippen LogP contribution in [0.1, 0.15) is 24.6 Å². The van der Waals surface area contributed by atoms with E-state index in [1.165, 1.54) is 0 Å². The van der Waals surface area contributed by atoms with Crippen molar-refractivity contribution in [3.05, 3.63) is 48.4 Å². The van der Waals surface area contributed by atoms with Crippen LogP contribution in [0.25, 0.3) is 11.4 Å². The lowest BCUT2D eigenvalue weighted by atomic mass is 10.1. The third-order valence-corrected chi connectivity index (χ3v) is 3.99. The third-order valence-electron chi connectivity index (χ3n) is 3.99. The van der Waals surface area contributed by atoms with Crippen LogP contribution in [0.15, 0.2) is 42.7 Å². The molecular formula is C17H17N7O. The van der Waals surface area contributed by atoms with Gasteiger partial charge in [-0.3, -0.25) is 9.48 Å². The quantitative estimate of drug-likeness (QED) is 0.756. The Morgan fingerprint density at radius 2 is 2.08 bits per heavy atom. The molecule has 1 fully saturated rings. The smallest absolute Gasteiger partial charge is 0.228 e. The molecule has 8 nitrogen and oxygen atoms in total. The zero-order valence-electron chi connectivity index (χ0n) is 13.7. The van der Waals surface area contributed by atoms with E-state index in [9.17, 15) is 4.79 Å². The van der Waals surface area contributed by atoms with E-state index >= 15 is 0 Å². The van der Waals surface area contributed by atoms with Crippen molar-refractivity contribution >= 4 is 17.7 Å². The standard InChI is InChI=1S/C17H17N7O/c1-24-10-8-15(23-24)22-17-18-9-7-14(21-17)12-4-2-3-11(19-12)13-5-6-16(25)20-13/h2-4,7-10,13H,5-6H2,1H3,(H,20,25)(H,18,21,22,23). The Morgan fingerprint density at radius 1 is 1.20 bits per heavy atom. The molecule has 3 aromatic heterocycles. The number of pyridine rings is 1. The number of hydrogen-bond donors (Lipinski definition) is 2. The Kier molecular flexibility index (Phi) is 3.85. The summed E-state index contributed by atoms with van der Waals surface area (Å²) >= 11 is 0. The largest absolute Gasteiger partial charge is 0.348 e. The molecule has 1 atom stereocenters. The lowest BCUT2D eigenvalue weighted by molar-refractivity contribution is -0.119. The van der Waals surface area contributed by atoms with Gasteiger partial charge in [-0.05, 0) is 24.6 Å². The van der Waals surface area contributed by atoms with Gasteiger partial charge in [0.25, 0.3) is 0 Å². The molecule has 2 N–H and O–H groups in total. The van der Waals surface area contributed by atoms with Crippen LogP contribution in [-0.2, 0) is 11.8 Å². The first-order valence-corrected chi connectivity index (χ1v) is 8.04. The van der Waals surface area contributed by atoms with Crippen molar-refractivity contribution in [2.45, 2.75) is 18.9 Å². The van der Waals surface area contributed by atoms with Crippen LogP contribution in [0.2, 0.25) is 0 Å². The first-order chi connectivity index (χ1) is 12.2. The Labute approximate surface area is 144 Å². The number of nitrogens with zero attached hydrogens (tertiary/aromatic N) is 5. The van der Waals surface area contributed by atoms with Crippen LogP contribution in [0.4, 0.5) is 11.8 Å². The van der Waals surface area contributed by atoms with Gasteiger partial charge in [0.05, 0.1) is 23.1 Å². The molecule has 1 saturated heterocycles. The van der Waals surface area contributed by atoms with E-state index in [1.807, 2.05) is 43.6 Å². The molecule has 4 heterocycles. The SMILES string of the molecule is Cn1ccc(Nc2nccc(-c3cccc(C4CCC(=O)N4)n3)n2)n1. The monoisotopic (exact) mass is 335 g/mol. The number of rotatable bonds is 4. The summed E-state index contributed by atoms with van der Waals surface area (Å²) in [4.78, 5) is 24.8. The average molecular weight is 335 g/mol. The normalized spacial score (nSPS) is 16.7. The zero-order valence-corrected chi connectivity index (χ0v) is 13.7. The first kappa shape index (κ1) is 15.3. The number of anilines is 2. The van der Waals surface area contributed by atoms with Gasteiger partial charge in [0.1, 0.15) is 0 Å². The van der Waals surface area contributed by atoms with E-state index < -0.39 is 0 Å². The summed E-state index contributed by atoms with van der Waals surface area (Å²) < 4.78 is 1.70. The van der Waals surface area contributed by atoms with E-state index in [1.54, 1.807) is 10.9 Å². The van der Waals surface area contributed by atoms with Crippen molar-refractivity contribution in [1.82, 2.24) is 30.0 Å². The van der Waals surface area contributed by atoms with Gasteiger partial charge in [-0.1, -0.05) is 6.07 Å². The van der Waals surface area contributed by atoms with Gasteiger partial charge in [-0.2, -0.15) is 5.10 Å². The molecule has 0 radical (unpaired) electrons. The predicted molar refractivity (Wildman–Crippen MR) is 91.9 cm³/mol. The lowest BCUT2D eigenvalue weighted by Crippen LogP contribution is -2.19.